The number of carbonyl (C=O) groups excluding carboxylic acids is 3. The van der Waals surface area contributed by atoms with Crippen LogP contribution in [0.1, 0.15) is 22.3 Å². The fraction of sp³-hybridized carbons (Fsp3) is 0.400. The van der Waals surface area contributed by atoms with E-state index in [-0.39, 0.29) is 5.92 Å². The quantitative estimate of drug-likeness (QED) is 0.462. The minimum atomic E-state index is -1.21. The molecule has 1 fully saturated rings. The molecule has 0 spiro atoms. The second-order valence-corrected chi connectivity index (χ2v) is 4.88. The minimum Gasteiger partial charge on any atom is -0.468 e. The molecule has 1 aliphatic carbocycles. The van der Waals surface area contributed by atoms with Gasteiger partial charge in [0.05, 0.1) is 14.2 Å². The predicted molar refractivity (Wildman–Crippen MR) is 70.1 cm³/mol. The van der Waals surface area contributed by atoms with Crippen molar-refractivity contribution >= 4 is 18.2 Å². The number of aldehydes is 1. The lowest BCUT2D eigenvalue weighted by Crippen LogP contribution is -2.31. The van der Waals surface area contributed by atoms with Gasteiger partial charge in [-0.3, -0.25) is 14.4 Å². The van der Waals surface area contributed by atoms with Crippen molar-refractivity contribution in [3.05, 3.63) is 35.4 Å². The van der Waals surface area contributed by atoms with Crippen LogP contribution in [0.5, 0.6) is 0 Å². The smallest absolute Gasteiger partial charge is 0.323 e. The first-order chi connectivity index (χ1) is 9.59. The zero-order valence-electron chi connectivity index (χ0n) is 11.4. The molecule has 20 heavy (non-hydrogen) atoms. The fourth-order valence-corrected chi connectivity index (χ4v) is 2.62. The van der Waals surface area contributed by atoms with E-state index in [1.54, 1.807) is 12.1 Å². The second-order valence-electron chi connectivity index (χ2n) is 4.88. The van der Waals surface area contributed by atoms with Crippen LogP contribution in [-0.4, -0.2) is 32.4 Å². The zero-order chi connectivity index (χ0) is 14.8. The van der Waals surface area contributed by atoms with Crippen molar-refractivity contribution in [1.29, 1.82) is 0 Å². The van der Waals surface area contributed by atoms with Gasteiger partial charge in [0.1, 0.15) is 6.29 Å². The second kappa shape index (κ2) is 5.45. The Morgan fingerprint density at radius 3 is 2.40 bits per heavy atom. The number of ether oxygens (including phenoxy) is 2. The molecule has 5 nitrogen and oxygen atoms in total. The molecule has 1 aliphatic rings. The maximum absolute atomic E-state index is 11.9. The highest BCUT2D eigenvalue weighted by Gasteiger charge is 2.67. The van der Waals surface area contributed by atoms with Gasteiger partial charge in [-0.1, -0.05) is 24.3 Å². The summed E-state index contributed by atoms with van der Waals surface area (Å²) in [5.74, 6) is -1.33. The molecule has 1 unspecified atom stereocenters. The Morgan fingerprint density at radius 2 is 1.85 bits per heavy atom. The number of carbonyl (C=O) groups is 3. The zero-order valence-corrected chi connectivity index (χ0v) is 11.4. The molecule has 1 aromatic rings. The van der Waals surface area contributed by atoms with Gasteiger partial charge >= 0.3 is 11.9 Å². The molecule has 5 heteroatoms. The standard InChI is InChI=1S/C15H16O5/c1-19-13(17)15(14(18)20-2)8-12(15)7-10-5-3-4-6-11(10)9-16/h3-6,9,12H,7-8H2,1-2H3. The van der Waals surface area contributed by atoms with Gasteiger partial charge in [0, 0.05) is 5.56 Å². The third kappa shape index (κ3) is 2.19. The molecule has 0 heterocycles. The van der Waals surface area contributed by atoms with E-state index >= 15 is 0 Å². The van der Waals surface area contributed by atoms with E-state index in [4.69, 9.17) is 9.47 Å². The van der Waals surface area contributed by atoms with Crippen LogP contribution in [0, 0.1) is 11.3 Å². The van der Waals surface area contributed by atoms with Gasteiger partial charge in [-0.15, -0.1) is 0 Å². The molecule has 0 aromatic heterocycles. The van der Waals surface area contributed by atoms with Crippen molar-refractivity contribution in [2.75, 3.05) is 14.2 Å². The Bertz CT molecular complexity index is 533. The fourth-order valence-electron chi connectivity index (χ4n) is 2.62. The predicted octanol–water partition coefficient (Wildman–Crippen LogP) is 1.39. The molecule has 0 bridgehead atoms. The van der Waals surface area contributed by atoms with Gasteiger partial charge < -0.3 is 9.47 Å². The number of methoxy groups -OCH3 is 2. The molecule has 1 aromatic carbocycles. The summed E-state index contributed by atoms with van der Waals surface area (Å²) in [5.41, 5.74) is 0.185. The topological polar surface area (TPSA) is 69.7 Å². The molecule has 0 saturated heterocycles. The van der Waals surface area contributed by atoms with Crippen LogP contribution < -0.4 is 0 Å². The summed E-state index contributed by atoms with van der Waals surface area (Å²) in [5, 5.41) is 0. The molecule has 1 saturated carbocycles. The third-order valence-corrected chi connectivity index (χ3v) is 3.85. The first kappa shape index (κ1) is 14.2. The molecule has 0 N–H and O–H groups in total. The highest BCUT2D eigenvalue weighted by molar-refractivity contribution is 6.03. The average molecular weight is 276 g/mol. The monoisotopic (exact) mass is 276 g/mol. The lowest BCUT2D eigenvalue weighted by Gasteiger charge is -2.12. The van der Waals surface area contributed by atoms with Crippen molar-refractivity contribution < 1.29 is 23.9 Å². The molecule has 0 amide bonds. The number of benzene rings is 1. The van der Waals surface area contributed by atoms with Crippen LogP contribution in [0.15, 0.2) is 24.3 Å². The highest BCUT2D eigenvalue weighted by atomic mass is 16.5. The summed E-state index contributed by atoms with van der Waals surface area (Å²) in [6.45, 7) is 0. The van der Waals surface area contributed by atoms with Crippen LogP contribution in [0.4, 0.5) is 0 Å². The van der Waals surface area contributed by atoms with E-state index in [0.717, 1.165) is 11.8 Å². The van der Waals surface area contributed by atoms with Gasteiger partial charge in [-0.05, 0) is 24.3 Å². The molecule has 0 radical (unpaired) electrons. The van der Waals surface area contributed by atoms with Crippen LogP contribution in [0.2, 0.25) is 0 Å². The van der Waals surface area contributed by atoms with Crippen LogP contribution in [-0.2, 0) is 25.5 Å². The Balaban J connectivity index is 2.21. The van der Waals surface area contributed by atoms with E-state index in [1.165, 1.54) is 14.2 Å². The summed E-state index contributed by atoms with van der Waals surface area (Å²) >= 11 is 0. The van der Waals surface area contributed by atoms with Crippen molar-refractivity contribution in [3.8, 4) is 0 Å². The maximum atomic E-state index is 11.9. The van der Waals surface area contributed by atoms with E-state index in [9.17, 15) is 14.4 Å². The Hall–Kier alpha value is -2.17. The van der Waals surface area contributed by atoms with Crippen molar-refractivity contribution in [1.82, 2.24) is 0 Å². The molecular weight excluding hydrogens is 260 g/mol. The van der Waals surface area contributed by atoms with Crippen LogP contribution in [0.25, 0.3) is 0 Å². The lowest BCUT2D eigenvalue weighted by molar-refractivity contribution is -0.162. The summed E-state index contributed by atoms with van der Waals surface area (Å²) in [4.78, 5) is 34.7. The normalized spacial score (nSPS) is 19.0. The largest absolute Gasteiger partial charge is 0.468 e. The highest BCUT2D eigenvalue weighted by Crippen LogP contribution is 2.56. The Labute approximate surface area is 116 Å². The lowest BCUT2D eigenvalue weighted by atomic mass is 9.97. The Morgan fingerprint density at radius 1 is 1.25 bits per heavy atom. The van der Waals surface area contributed by atoms with E-state index in [2.05, 4.69) is 0 Å². The van der Waals surface area contributed by atoms with Crippen LogP contribution in [0.3, 0.4) is 0 Å². The minimum absolute atomic E-state index is 0.191. The van der Waals surface area contributed by atoms with E-state index < -0.39 is 17.4 Å². The van der Waals surface area contributed by atoms with Gasteiger partial charge in [-0.25, -0.2) is 0 Å². The molecular formula is C15H16O5. The average Bonchev–Trinajstić information content (AvgIpc) is 3.21. The molecule has 1 atom stereocenters. The third-order valence-electron chi connectivity index (χ3n) is 3.85. The molecule has 2 rings (SSSR count). The SMILES string of the molecule is COC(=O)C1(C(=O)OC)CC1Cc1ccccc1C=O. The summed E-state index contributed by atoms with van der Waals surface area (Å²) in [7, 11) is 2.50. The number of esters is 2. The summed E-state index contributed by atoms with van der Waals surface area (Å²) in [6.07, 6.45) is 1.63. The van der Waals surface area contributed by atoms with Gasteiger partial charge in [0.2, 0.25) is 0 Å². The molecule has 106 valence electrons. The number of rotatable bonds is 5. The van der Waals surface area contributed by atoms with Crippen molar-refractivity contribution in [3.63, 3.8) is 0 Å². The number of hydrogen-bond acceptors (Lipinski definition) is 5. The molecule has 0 aliphatic heterocycles. The Kier molecular flexibility index (Phi) is 3.88. The van der Waals surface area contributed by atoms with Crippen molar-refractivity contribution in [2.45, 2.75) is 12.8 Å². The summed E-state index contributed by atoms with van der Waals surface area (Å²) < 4.78 is 9.43. The number of hydrogen-bond donors (Lipinski definition) is 0. The first-order valence-corrected chi connectivity index (χ1v) is 6.30. The van der Waals surface area contributed by atoms with E-state index in [0.29, 0.717) is 18.4 Å². The van der Waals surface area contributed by atoms with Crippen molar-refractivity contribution in [2.24, 2.45) is 11.3 Å². The van der Waals surface area contributed by atoms with E-state index in [1.807, 2.05) is 12.1 Å². The van der Waals surface area contributed by atoms with Gasteiger partial charge in [0.15, 0.2) is 5.41 Å². The van der Waals surface area contributed by atoms with Gasteiger partial charge in [-0.2, -0.15) is 0 Å². The van der Waals surface area contributed by atoms with Crippen LogP contribution >= 0.6 is 0 Å². The van der Waals surface area contributed by atoms with Gasteiger partial charge in [0.25, 0.3) is 0 Å². The summed E-state index contributed by atoms with van der Waals surface area (Å²) in [6, 6.07) is 7.13. The first-order valence-electron chi connectivity index (χ1n) is 6.30. The maximum Gasteiger partial charge on any atom is 0.323 e.